The number of aryl methyl sites for hydroxylation is 1. The highest BCUT2D eigenvalue weighted by Gasteiger charge is 2.31. The van der Waals surface area contributed by atoms with Crippen molar-refractivity contribution >= 4 is 44.9 Å². The monoisotopic (exact) mass is 499 g/mol. The number of nitrogens with zero attached hydrogens (tertiary/aromatic N) is 4. The van der Waals surface area contributed by atoms with Crippen molar-refractivity contribution in [1.29, 1.82) is 0 Å². The number of anilines is 2. The van der Waals surface area contributed by atoms with Crippen molar-refractivity contribution in [2.45, 2.75) is 39.0 Å². The first-order valence-corrected chi connectivity index (χ1v) is 12.7. The molecular weight excluding hydrogens is 472 g/mol. The zero-order chi connectivity index (χ0) is 24.5. The zero-order valence-electron chi connectivity index (χ0n) is 19.5. The van der Waals surface area contributed by atoms with Gasteiger partial charge in [0.05, 0.1) is 28.0 Å². The maximum atomic E-state index is 14.0. The van der Waals surface area contributed by atoms with Gasteiger partial charge in [-0.15, -0.1) is 0 Å². The van der Waals surface area contributed by atoms with Crippen molar-refractivity contribution in [2.24, 2.45) is 5.92 Å². The van der Waals surface area contributed by atoms with E-state index < -0.39 is 11.6 Å². The van der Waals surface area contributed by atoms with Crippen LogP contribution in [0.15, 0.2) is 24.4 Å². The van der Waals surface area contributed by atoms with Crippen LogP contribution < -0.4 is 10.2 Å². The van der Waals surface area contributed by atoms with Gasteiger partial charge in [-0.05, 0) is 62.7 Å². The SMILES string of the molecule is Cc1nsc2ncc(C(=O)N3CCCCC3)c(N3CCC(C(=O)Nc4cc(F)ccc4F)CC3)c12. The molecule has 0 spiro atoms. The van der Waals surface area contributed by atoms with Crippen LogP contribution in [0.1, 0.15) is 48.2 Å². The van der Waals surface area contributed by atoms with Gasteiger partial charge in [0.15, 0.2) is 0 Å². The van der Waals surface area contributed by atoms with Gasteiger partial charge in [0, 0.05) is 44.4 Å². The van der Waals surface area contributed by atoms with E-state index in [0.717, 1.165) is 72.1 Å². The maximum Gasteiger partial charge on any atom is 0.257 e. The number of carbonyl (C=O) groups is 2. The van der Waals surface area contributed by atoms with E-state index in [1.54, 1.807) is 6.20 Å². The minimum Gasteiger partial charge on any atom is -0.370 e. The van der Waals surface area contributed by atoms with E-state index in [4.69, 9.17) is 0 Å². The van der Waals surface area contributed by atoms with Crippen LogP contribution in [0, 0.1) is 24.5 Å². The van der Waals surface area contributed by atoms with Crippen molar-refractivity contribution in [3.05, 3.63) is 47.3 Å². The Morgan fingerprint density at radius 1 is 1.09 bits per heavy atom. The lowest BCUT2D eigenvalue weighted by atomic mass is 9.94. The van der Waals surface area contributed by atoms with Gasteiger partial charge in [-0.25, -0.2) is 13.8 Å². The fourth-order valence-electron chi connectivity index (χ4n) is 4.98. The number of pyridine rings is 1. The lowest BCUT2D eigenvalue weighted by molar-refractivity contribution is -0.120. The molecule has 2 fully saturated rings. The molecule has 5 rings (SSSR count). The number of amides is 2. The predicted molar refractivity (Wildman–Crippen MR) is 132 cm³/mol. The molecule has 2 amide bonds. The minimum atomic E-state index is -0.669. The van der Waals surface area contributed by atoms with Gasteiger partial charge in [-0.2, -0.15) is 4.37 Å². The average Bonchev–Trinajstić information content (AvgIpc) is 3.26. The first-order chi connectivity index (χ1) is 16.9. The molecule has 184 valence electrons. The quantitative estimate of drug-likeness (QED) is 0.560. The summed E-state index contributed by atoms with van der Waals surface area (Å²) >= 11 is 1.31. The smallest absolute Gasteiger partial charge is 0.257 e. The molecule has 0 saturated carbocycles. The number of halogens is 2. The summed E-state index contributed by atoms with van der Waals surface area (Å²) in [6, 6.07) is 3.00. The van der Waals surface area contributed by atoms with E-state index in [1.807, 2.05) is 11.8 Å². The molecule has 0 bridgehead atoms. The van der Waals surface area contributed by atoms with E-state index in [9.17, 15) is 18.4 Å². The Hall–Kier alpha value is -3.14. The summed E-state index contributed by atoms with van der Waals surface area (Å²) in [6.07, 6.45) is 5.86. The summed E-state index contributed by atoms with van der Waals surface area (Å²) < 4.78 is 31.9. The van der Waals surface area contributed by atoms with Crippen LogP contribution in [0.5, 0.6) is 0 Å². The van der Waals surface area contributed by atoms with Crippen LogP contribution in [0.25, 0.3) is 10.2 Å². The molecule has 2 aliphatic rings. The molecule has 0 unspecified atom stereocenters. The second-order valence-electron chi connectivity index (χ2n) is 9.20. The predicted octanol–water partition coefficient (Wildman–Crippen LogP) is 4.76. The van der Waals surface area contributed by atoms with Crippen LogP contribution in [0.3, 0.4) is 0 Å². The average molecular weight is 500 g/mol. The molecule has 0 aliphatic carbocycles. The van der Waals surface area contributed by atoms with Crippen LogP contribution >= 0.6 is 11.5 Å². The highest BCUT2D eigenvalue weighted by atomic mass is 32.1. The number of piperidine rings is 2. The number of nitrogens with one attached hydrogen (secondary N) is 1. The summed E-state index contributed by atoms with van der Waals surface area (Å²) in [7, 11) is 0. The lowest BCUT2D eigenvalue weighted by Gasteiger charge is -2.35. The van der Waals surface area contributed by atoms with Crippen LogP contribution in [-0.4, -0.2) is 52.3 Å². The molecule has 10 heteroatoms. The standard InChI is InChI=1S/C25H27F2N5O2S/c1-15-21-22(18(14-28-24(21)35-30-15)25(34)32-9-3-2-4-10-32)31-11-7-16(8-12-31)23(33)29-20-13-17(26)5-6-19(20)27/h5-6,13-14,16H,2-4,7-12H2,1H3,(H,29,33). The highest BCUT2D eigenvalue weighted by molar-refractivity contribution is 7.13. The normalized spacial score (nSPS) is 17.1. The molecule has 2 aromatic heterocycles. The molecule has 7 nitrogen and oxygen atoms in total. The second kappa shape index (κ2) is 9.85. The third-order valence-electron chi connectivity index (χ3n) is 6.89. The number of likely N-dealkylation sites (tertiary alicyclic amines) is 1. The van der Waals surface area contributed by atoms with Crippen molar-refractivity contribution in [2.75, 3.05) is 36.4 Å². The van der Waals surface area contributed by atoms with Crippen LogP contribution in [0.4, 0.5) is 20.2 Å². The van der Waals surface area contributed by atoms with Gasteiger partial charge in [-0.1, -0.05) is 0 Å². The number of benzene rings is 1. The van der Waals surface area contributed by atoms with E-state index in [0.29, 0.717) is 31.5 Å². The van der Waals surface area contributed by atoms with Gasteiger partial charge < -0.3 is 15.1 Å². The molecule has 1 N–H and O–H groups in total. The van der Waals surface area contributed by atoms with Gasteiger partial charge in [0.25, 0.3) is 5.91 Å². The van der Waals surface area contributed by atoms with Crippen molar-refractivity contribution in [3.63, 3.8) is 0 Å². The summed E-state index contributed by atoms with van der Waals surface area (Å²) in [4.78, 5) is 35.6. The van der Waals surface area contributed by atoms with Gasteiger partial charge >= 0.3 is 0 Å². The second-order valence-corrected chi connectivity index (χ2v) is 9.95. The van der Waals surface area contributed by atoms with Gasteiger partial charge in [-0.3, -0.25) is 9.59 Å². The molecular formula is C25H27F2N5O2S. The Labute approximate surface area is 206 Å². The first-order valence-electron chi connectivity index (χ1n) is 12.0. The number of fused-ring (bicyclic) bond motifs is 1. The fraction of sp³-hybridized carbons (Fsp3) is 0.440. The topological polar surface area (TPSA) is 78.4 Å². The van der Waals surface area contributed by atoms with Crippen LogP contribution in [-0.2, 0) is 4.79 Å². The van der Waals surface area contributed by atoms with Crippen molar-refractivity contribution in [1.82, 2.24) is 14.3 Å². The van der Waals surface area contributed by atoms with E-state index in [1.165, 1.54) is 11.5 Å². The Morgan fingerprint density at radius 2 is 1.83 bits per heavy atom. The molecule has 0 radical (unpaired) electrons. The Balaban J connectivity index is 1.37. The largest absolute Gasteiger partial charge is 0.370 e. The summed E-state index contributed by atoms with van der Waals surface area (Å²) in [6.45, 7) is 4.52. The number of rotatable bonds is 4. The fourth-order valence-corrected chi connectivity index (χ4v) is 5.73. The molecule has 4 heterocycles. The lowest BCUT2D eigenvalue weighted by Crippen LogP contribution is -2.40. The Kier molecular flexibility index (Phi) is 6.64. The van der Waals surface area contributed by atoms with Gasteiger partial charge in [0.2, 0.25) is 5.91 Å². The van der Waals surface area contributed by atoms with Gasteiger partial charge in [0.1, 0.15) is 16.5 Å². The number of carbonyl (C=O) groups excluding carboxylic acids is 2. The third kappa shape index (κ3) is 4.71. The van der Waals surface area contributed by atoms with E-state index >= 15 is 0 Å². The van der Waals surface area contributed by atoms with E-state index in [-0.39, 0.29) is 23.4 Å². The van der Waals surface area contributed by atoms with Crippen molar-refractivity contribution < 1.29 is 18.4 Å². The summed E-state index contributed by atoms with van der Waals surface area (Å²) in [5.74, 6) is -1.95. The minimum absolute atomic E-state index is 0.0128. The molecule has 3 aromatic rings. The number of hydrogen-bond acceptors (Lipinski definition) is 6. The Bertz CT molecular complexity index is 1270. The molecule has 35 heavy (non-hydrogen) atoms. The van der Waals surface area contributed by atoms with Crippen LogP contribution in [0.2, 0.25) is 0 Å². The highest BCUT2D eigenvalue weighted by Crippen LogP contribution is 2.37. The number of hydrogen-bond donors (Lipinski definition) is 1. The molecule has 2 aliphatic heterocycles. The zero-order valence-corrected chi connectivity index (χ0v) is 20.3. The Morgan fingerprint density at radius 3 is 2.57 bits per heavy atom. The molecule has 2 saturated heterocycles. The number of aromatic nitrogens is 2. The molecule has 1 aromatic carbocycles. The first kappa shape index (κ1) is 23.6. The summed E-state index contributed by atoms with van der Waals surface area (Å²) in [5, 5.41) is 3.42. The van der Waals surface area contributed by atoms with E-state index in [2.05, 4.69) is 19.6 Å². The maximum absolute atomic E-state index is 14.0. The van der Waals surface area contributed by atoms with Crippen molar-refractivity contribution in [3.8, 4) is 0 Å². The third-order valence-corrected chi connectivity index (χ3v) is 7.74. The summed E-state index contributed by atoms with van der Waals surface area (Å²) in [5.41, 5.74) is 2.10. The molecule has 0 atom stereocenters.